The van der Waals surface area contributed by atoms with Gasteiger partial charge in [-0.15, -0.1) is 0 Å². The second-order valence-corrected chi connectivity index (χ2v) is 4.06. The molecule has 0 spiro atoms. The van der Waals surface area contributed by atoms with E-state index in [2.05, 4.69) is 18.3 Å². The fourth-order valence-corrected chi connectivity index (χ4v) is 1.69. The third-order valence-electron chi connectivity index (χ3n) is 2.26. The fraction of sp³-hybridized carbons (Fsp3) is 0.500. The van der Waals surface area contributed by atoms with E-state index in [1.165, 1.54) is 5.56 Å². The van der Waals surface area contributed by atoms with Crippen LogP contribution in [-0.4, -0.2) is 26.3 Å². The van der Waals surface area contributed by atoms with Crippen LogP contribution in [0.5, 0.6) is 0 Å². The van der Waals surface area contributed by atoms with Gasteiger partial charge in [-0.25, -0.2) is 0 Å². The summed E-state index contributed by atoms with van der Waals surface area (Å²) in [6.45, 7) is 3.77. The normalized spacial score (nSPS) is 12.7. The molecule has 84 valence electrons. The molecule has 0 bridgehead atoms. The molecule has 0 aromatic heterocycles. The zero-order valence-corrected chi connectivity index (χ0v) is 10.1. The highest BCUT2D eigenvalue weighted by molar-refractivity contribution is 6.31. The van der Waals surface area contributed by atoms with Crippen LogP contribution in [0.15, 0.2) is 24.3 Å². The maximum absolute atomic E-state index is 6.05. The lowest BCUT2D eigenvalue weighted by Gasteiger charge is -2.12. The van der Waals surface area contributed by atoms with Crippen molar-refractivity contribution in [3.8, 4) is 0 Å². The quantitative estimate of drug-likeness (QED) is 0.807. The van der Waals surface area contributed by atoms with Crippen molar-refractivity contribution in [2.24, 2.45) is 0 Å². The van der Waals surface area contributed by atoms with Crippen molar-refractivity contribution in [3.63, 3.8) is 0 Å². The smallest absolute Gasteiger partial charge is 0.0613 e. The maximum atomic E-state index is 6.05. The number of nitrogens with one attached hydrogen (secondary N) is 1. The molecule has 0 radical (unpaired) electrons. The van der Waals surface area contributed by atoms with E-state index in [0.717, 1.165) is 24.6 Å². The van der Waals surface area contributed by atoms with Crippen molar-refractivity contribution in [2.75, 3.05) is 20.3 Å². The van der Waals surface area contributed by atoms with Gasteiger partial charge in [-0.3, -0.25) is 0 Å². The third kappa shape index (κ3) is 4.65. The summed E-state index contributed by atoms with van der Waals surface area (Å²) in [6, 6.07) is 8.34. The molecule has 1 unspecified atom stereocenters. The molecule has 0 heterocycles. The highest BCUT2D eigenvalue weighted by Crippen LogP contribution is 2.14. The number of rotatable bonds is 6. The molecule has 0 aliphatic heterocycles. The first-order valence-corrected chi connectivity index (χ1v) is 5.57. The first-order valence-electron chi connectivity index (χ1n) is 5.19. The Balaban J connectivity index is 2.29. The van der Waals surface area contributed by atoms with Gasteiger partial charge in [-0.2, -0.15) is 0 Å². The van der Waals surface area contributed by atoms with Gasteiger partial charge in [-0.05, 0) is 31.5 Å². The summed E-state index contributed by atoms with van der Waals surface area (Å²) in [5.41, 5.74) is 1.19. The molecule has 15 heavy (non-hydrogen) atoms. The van der Waals surface area contributed by atoms with Crippen molar-refractivity contribution < 1.29 is 4.74 Å². The Labute approximate surface area is 96.6 Å². The molecular weight excluding hydrogens is 210 g/mol. The summed E-state index contributed by atoms with van der Waals surface area (Å²) in [5, 5.41) is 4.22. The Morgan fingerprint density at radius 3 is 2.80 bits per heavy atom. The summed E-state index contributed by atoms with van der Waals surface area (Å²) in [7, 11) is 1.71. The zero-order chi connectivity index (χ0) is 11.1. The molecule has 1 N–H and O–H groups in total. The van der Waals surface area contributed by atoms with E-state index in [1.54, 1.807) is 7.11 Å². The monoisotopic (exact) mass is 227 g/mol. The van der Waals surface area contributed by atoms with E-state index in [1.807, 2.05) is 18.2 Å². The first kappa shape index (κ1) is 12.5. The van der Waals surface area contributed by atoms with Gasteiger partial charge >= 0.3 is 0 Å². The van der Waals surface area contributed by atoms with Crippen molar-refractivity contribution in [1.29, 1.82) is 0 Å². The molecule has 1 aromatic carbocycles. The largest absolute Gasteiger partial charge is 0.383 e. The Morgan fingerprint density at radius 1 is 1.40 bits per heavy atom. The minimum absolute atomic E-state index is 0.387. The molecule has 0 aliphatic carbocycles. The Kier molecular flexibility index (Phi) is 5.69. The van der Waals surface area contributed by atoms with Gasteiger partial charge in [0.25, 0.3) is 0 Å². The van der Waals surface area contributed by atoms with E-state index < -0.39 is 0 Å². The number of benzene rings is 1. The Bertz CT molecular complexity index is 291. The molecule has 1 aromatic rings. The minimum atomic E-state index is 0.387. The average molecular weight is 228 g/mol. The summed E-state index contributed by atoms with van der Waals surface area (Å²) in [5.74, 6) is 0. The van der Waals surface area contributed by atoms with Crippen LogP contribution >= 0.6 is 11.6 Å². The highest BCUT2D eigenvalue weighted by atomic mass is 35.5. The number of hydrogen-bond acceptors (Lipinski definition) is 2. The number of halogens is 1. The number of methoxy groups -OCH3 is 1. The van der Waals surface area contributed by atoms with Crippen molar-refractivity contribution >= 4 is 11.6 Å². The van der Waals surface area contributed by atoms with Gasteiger partial charge in [0.15, 0.2) is 0 Å². The minimum Gasteiger partial charge on any atom is -0.383 e. The summed E-state index contributed by atoms with van der Waals surface area (Å²) < 4.78 is 5.04. The Morgan fingerprint density at radius 2 is 2.13 bits per heavy atom. The second-order valence-electron chi connectivity index (χ2n) is 3.65. The van der Waals surface area contributed by atoms with Crippen LogP contribution in [0.1, 0.15) is 12.5 Å². The number of ether oxygens (including phenoxy) is 1. The number of hydrogen-bond donors (Lipinski definition) is 1. The second kappa shape index (κ2) is 6.83. The van der Waals surface area contributed by atoms with Crippen LogP contribution in [0.25, 0.3) is 0 Å². The molecule has 0 saturated carbocycles. The molecule has 2 nitrogen and oxygen atoms in total. The van der Waals surface area contributed by atoms with E-state index in [-0.39, 0.29) is 0 Å². The predicted octanol–water partition coefficient (Wildman–Crippen LogP) is 2.51. The molecular formula is C12H18ClNO. The average Bonchev–Trinajstić information content (AvgIpc) is 2.21. The molecule has 0 amide bonds. The third-order valence-corrected chi connectivity index (χ3v) is 2.63. The van der Waals surface area contributed by atoms with Gasteiger partial charge in [0, 0.05) is 18.2 Å². The molecule has 0 fully saturated rings. The van der Waals surface area contributed by atoms with Crippen LogP contribution in [0.3, 0.4) is 0 Å². The van der Waals surface area contributed by atoms with Crippen LogP contribution < -0.4 is 5.32 Å². The van der Waals surface area contributed by atoms with Crippen molar-refractivity contribution in [2.45, 2.75) is 19.4 Å². The molecule has 1 atom stereocenters. The summed E-state index contributed by atoms with van der Waals surface area (Å²) in [6.07, 6.45) is 0.952. The van der Waals surface area contributed by atoms with Crippen LogP contribution in [-0.2, 0) is 11.2 Å². The maximum Gasteiger partial charge on any atom is 0.0613 e. The van der Waals surface area contributed by atoms with Crippen molar-refractivity contribution in [3.05, 3.63) is 34.9 Å². The van der Waals surface area contributed by atoms with E-state index in [0.29, 0.717) is 6.04 Å². The highest BCUT2D eigenvalue weighted by Gasteiger charge is 2.01. The van der Waals surface area contributed by atoms with Crippen LogP contribution in [0.4, 0.5) is 0 Å². The molecule has 3 heteroatoms. The lowest BCUT2D eigenvalue weighted by molar-refractivity contribution is 0.172. The van der Waals surface area contributed by atoms with Gasteiger partial charge < -0.3 is 10.1 Å². The van der Waals surface area contributed by atoms with Gasteiger partial charge in [0.1, 0.15) is 0 Å². The molecule has 1 rings (SSSR count). The van der Waals surface area contributed by atoms with Crippen molar-refractivity contribution in [1.82, 2.24) is 5.32 Å². The van der Waals surface area contributed by atoms with E-state index in [9.17, 15) is 0 Å². The van der Waals surface area contributed by atoms with Gasteiger partial charge in [0.05, 0.1) is 6.61 Å². The Hall–Kier alpha value is -0.570. The summed E-state index contributed by atoms with van der Waals surface area (Å²) >= 11 is 6.05. The van der Waals surface area contributed by atoms with Crippen LogP contribution in [0.2, 0.25) is 5.02 Å². The first-order chi connectivity index (χ1) is 7.24. The van der Waals surface area contributed by atoms with E-state index in [4.69, 9.17) is 16.3 Å². The predicted molar refractivity (Wildman–Crippen MR) is 64.5 cm³/mol. The standard InChI is InChI=1S/C12H18ClNO/c1-10(9-15-2)14-8-7-11-5-3-4-6-12(11)13/h3-6,10,14H,7-9H2,1-2H3. The van der Waals surface area contributed by atoms with Gasteiger partial charge in [0.2, 0.25) is 0 Å². The van der Waals surface area contributed by atoms with E-state index >= 15 is 0 Å². The molecule has 0 saturated heterocycles. The topological polar surface area (TPSA) is 21.3 Å². The summed E-state index contributed by atoms with van der Waals surface area (Å²) in [4.78, 5) is 0. The fourth-order valence-electron chi connectivity index (χ4n) is 1.46. The SMILES string of the molecule is COCC(C)NCCc1ccccc1Cl. The molecule has 0 aliphatic rings. The lowest BCUT2D eigenvalue weighted by atomic mass is 10.1. The zero-order valence-electron chi connectivity index (χ0n) is 9.29. The van der Waals surface area contributed by atoms with Gasteiger partial charge in [-0.1, -0.05) is 29.8 Å². The van der Waals surface area contributed by atoms with Crippen LogP contribution in [0, 0.1) is 0 Å². The lowest BCUT2D eigenvalue weighted by Crippen LogP contribution is -2.31.